The Morgan fingerprint density at radius 3 is 2.36 bits per heavy atom. The predicted molar refractivity (Wildman–Crippen MR) is 116 cm³/mol. The van der Waals surface area contributed by atoms with E-state index in [0.29, 0.717) is 5.41 Å². The van der Waals surface area contributed by atoms with Crippen molar-refractivity contribution in [2.24, 2.45) is 46.8 Å². The zero-order chi connectivity index (χ0) is 20.3. The van der Waals surface area contributed by atoms with Crippen molar-refractivity contribution in [1.82, 2.24) is 0 Å². The summed E-state index contributed by atoms with van der Waals surface area (Å²) in [5.41, 5.74) is -0.385. The van der Waals surface area contributed by atoms with Crippen LogP contribution in [0.15, 0.2) is 0 Å². The lowest BCUT2D eigenvalue weighted by Gasteiger charge is -2.57. The molecule has 2 N–H and O–H groups in total. The van der Waals surface area contributed by atoms with Crippen molar-refractivity contribution in [2.75, 3.05) is 0 Å². The van der Waals surface area contributed by atoms with E-state index in [0.717, 1.165) is 60.7 Å². The second-order valence-corrected chi connectivity index (χ2v) is 12.7. The summed E-state index contributed by atoms with van der Waals surface area (Å²) in [4.78, 5) is 0. The number of hydrogen-bond acceptors (Lipinski definition) is 2. The largest absolute Gasteiger partial charge is 0.390 e. The van der Waals surface area contributed by atoms with Crippen LogP contribution in [0, 0.1) is 46.8 Å². The summed E-state index contributed by atoms with van der Waals surface area (Å²) in [6, 6.07) is 0. The second kappa shape index (κ2) is 7.26. The van der Waals surface area contributed by atoms with Gasteiger partial charge in [-0.2, -0.15) is 0 Å². The lowest BCUT2D eigenvalue weighted by Crippen LogP contribution is -2.50. The van der Waals surface area contributed by atoms with E-state index in [4.69, 9.17) is 0 Å². The van der Waals surface area contributed by atoms with Crippen LogP contribution in [-0.4, -0.2) is 21.4 Å². The van der Waals surface area contributed by atoms with Crippen LogP contribution in [0.1, 0.15) is 105 Å². The van der Waals surface area contributed by atoms with E-state index in [1.165, 1.54) is 51.4 Å². The molecule has 0 unspecified atom stereocenters. The topological polar surface area (TPSA) is 40.5 Å². The third kappa shape index (κ3) is 3.82. The van der Waals surface area contributed by atoms with E-state index < -0.39 is 11.2 Å². The Morgan fingerprint density at radius 1 is 0.929 bits per heavy atom. The molecule has 4 fully saturated rings. The smallest absolute Gasteiger partial charge is 0.0622 e. The van der Waals surface area contributed by atoms with Gasteiger partial charge in [-0.1, -0.05) is 13.8 Å². The molecule has 0 aromatic carbocycles. The van der Waals surface area contributed by atoms with Gasteiger partial charge in [0.2, 0.25) is 0 Å². The van der Waals surface area contributed by atoms with Gasteiger partial charge in [-0.25, -0.2) is 0 Å². The van der Waals surface area contributed by atoms with Gasteiger partial charge < -0.3 is 10.2 Å². The molecule has 0 radical (unpaired) electrons. The molecule has 0 heterocycles. The normalized spacial score (nSPS) is 49.8. The SMILES string of the molecule is C[C@H](CCC(C)(C)O)[C@H]1CC[C@H]2[C@@H]3CC[C@@H]4C[C@@](C)(O)CC[C@@H]4[C@H]3CC[C@]12C. The van der Waals surface area contributed by atoms with Crippen molar-refractivity contribution in [2.45, 2.75) is 116 Å². The van der Waals surface area contributed by atoms with Gasteiger partial charge in [-0.15, -0.1) is 0 Å². The van der Waals surface area contributed by atoms with Gasteiger partial charge >= 0.3 is 0 Å². The molecule has 4 saturated carbocycles. The Labute approximate surface area is 173 Å². The van der Waals surface area contributed by atoms with Crippen LogP contribution in [0.2, 0.25) is 0 Å². The van der Waals surface area contributed by atoms with Crippen LogP contribution in [0.25, 0.3) is 0 Å². The van der Waals surface area contributed by atoms with Crippen molar-refractivity contribution in [3.05, 3.63) is 0 Å². The first kappa shape index (κ1) is 21.2. The minimum atomic E-state index is -0.522. The summed E-state index contributed by atoms with van der Waals surface area (Å²) in [6.45, 7) is 11.1. The van der Waals surface area contributed by atoms with Crippen molar-refractivity contribution < 1.29 is 10.2 Å². The molecule has 0 aromatic rings. The van der Waals surface area contributed by atoms with E-state index in [9.17, 15) is 10.2 Å². The molecule has 4 rings (SSSR count). The fraction of sp³-hybridized carbons (Fsp3) is 1.00. The minimum absolute atomic E-state index is 0.397. The first-order valence-electron chi connectivity index (χ1n) is 12.4. The molecule has 0 spiro atoms. The second-order valence-electron chi connectivity index (χ2n) is 12.7. The standard InChI is InChI=1S/C26H46O2/c1-17(10-13-24(2,3)27)22-8-9-23-21-7-6-18-16-25(4,28)14-11-19(18)20(21)12-15-26(22,23)5/h17-23,27-28H,6-16H2,1-5H3/t17-,18-,19+,20-,21-,22-,23+,25+,26-/m1/s1. The summed E-state index contributed by atoms with van der Waals surface area (Å²) in [5, 5.41) is 20.8. The first-order valence-corrected chi connectivity index (χ1v) is 12.4. The summed E-state index contributed by atoms with van der Waals surface area (Å²) in [7, 11) is 0. The minimum Gasteiger partial charge on any atom is -0.390 e. The number of aliphatic hydroxyl groups is 2. The molecule has 4 aliphatic carbocycles. The Kier molecular flexibility index (Phi) is 5.49. The van der Waals surface area contributed by atoms with Gasteiger partial charge in [-0.05, 0) is 138 Å². The van der Waals surface area contributed by atoms with Crippen molar-refractivity contribution >= 4 is 0 Å². The average Bonchev–Trinajstić information content (AvgIpc) is 2.95. The zero-order valence-corrected chi connectivity index (χ0v) is 19.2. The third-order valence-corrected chi connectivity index (χ3v) is 10.2. The highest BCUT2D eigenvalue weighted by Gasteiger charge is 2.58. The molecule has 0 aromatic heterocycles. The molecular weight excluding hydrogens is 344 g/mol. The van der Waals surface area contributed by atoms with Gasteiger partial charge in [-0.3, -0.25) is 0 Å². The summed E-state index contributed by atoms with van der Waals surface area (Å²) >= 11 is 0. The monoisotopic (exact) mass is 390 g/mol. The lowest BCUT2D eigenvalue weighted by molar-refractivity contribution is -0.103. The molecule has 0 aliphatic heterocycles. The van der Waals surface area contributed by atoms with Crippen molar-refractivity contribution in [3.63, 3.8) is 0 Å². The van der Waals surface area contributed by atoms with E-state index in [-0.39, 0.29) is 0 Å². The Hall–Kier alpha value is -0.0800. The van der Waals surface area contributed by atoms with Crippen molar-refractivity contribution in [1.29, 1.82) is 0 Å². The molecule has 0 amide bonds. The fourth-order valence-corrected chi connectivity index (χ4v) is 8.84. The van der Waals surface area contributed by atoms with E-state index >= 15 is 0 Å². The van der Waals surface area contributed by atoms with Gasteiger partial charge in [0, 0.05) is 0 Å². The molecule has 28 heavy (non-hydrogen) atoms. The third-order valence-electron chi connectivity index (χ3n) is 10.2. The molecule has 2 nitrogen and oxygen atoms in total. The number of rotatable bonds is 4. The maximum absolute atomic E-state index is 10.6. The maximum Gasteiger partial charge on any atom is 0.0622 e. The van der Waals surface area contributed by atoms with Crippen LogP contribution in [0.3, 0.4) is 0 Å². The number of hydrogen-bond donors (Lipinski definition) is 2. The highest BCUT2D eigenvalue weighted by molar-refractivity contribution is 5.07. The molecule has 4 aliphatic rings. The quantitative estimate of drug-likeness (QED) is 0.600. The van der Waals surface area contributed by atoms with Crippen LogP contribution in [-0.2, 0) is 0 Å². The van der Waals surface area contributed by atoms with Crippen LogP contribution >= 0.6 is 0 Å². The summed E-state index contributed by atoms with van der Waals surface area (Å²) < 4.78 is 0. The Balaban J connectivity index is 1.45. The van der Waals surface area contributed by atoms with Crippen molar-refractivity contribution in [3.8, 4) is 0 Å². The molecule has 162 valence electrons. The first-order chi connectivity index (χ1) is 13.0. The van der Waals surface area contributed by atoms with Crippen LogP contribution in [0.4, 0.5) is 0 Å². The summed E-state index contributed by atoms with van der Waals surface area (Å²) in [5.74, 6) is 6.11. The van der Waals surface area contributed by atoms with Crippen LogP contribution in [0.5, 0.6) is 0 Å². The lowest BCUT2D eigenvalue weighted by atomic mass is 9.48. The van der Waals surface area contributed by atoms with Gasteiger partial charge in [0.1, 0.15) is 0 Å². The Bertz CT molecular complexity index is 561. The van der Waals surface area contributed by atoms with Gasteiger partial charge in [0.15, 0.2) is 0 Å². The highest BCUT2D eigenvalue weighted by atomic mass is 16.3. The molecule has 2 heteroatoms. The zero-order valence-electron chi connectivity index (χ0n) is 19.2. The molecule has 9 atom stereocenters. The average molecular weight is 391 g/mol. The van der Waals surface area contributed by atoms with Crippen LogP contribution < -0.4 is 0 Å². The van der Waals surface area contributed by atoms with E-state index in [1.54, 1.807) is 0 Å². The van der Waals surface area contributed by atoms with Gasteiger partial charge in [0.25, 0.3) is 0 Å². The highest BCUT2D eigenvalue weighted by Crippen LogP contribution is 2.65. The predicted octanol–water partition coefficient (Wildman–Crippen LogP) is 6.19. The number of fused-ring (bicyclic) bond motifs is 5. The molecular formula is C26H46O2. The van der Waals surface area contributed by atoms with Gasteiger partial charge in [0.05, 0.1) is 11.2 Å². The Morgan fingerprint density at radius 2 is 1.64 bits per heavy atom. The molecule has 0 bridgehead atoms. The van der Waals surface area contributed by atoms with E-state index in [2.05, 4.69) is 20.8 Å². The fourth-order valence-electron chi connectivity index (χ4n) is 8.84. The maximum atomic E-state index is 10.6. The van der Waals surface area contributed by atoms with E-state index in [1.807, 2.05) is 13.8 Å². The molecule has 0 saturated heterocycles. The summed E-state index contributed by atoms with van der Waals surface area (Å²) in [6.07, 6.45) is 14.0.